The Labute approximate surface area is 158 Å². The van der Waals surface area contributed by atoms with E-state index in [2.05, 4.69) is 10.0 Å². The molecule has 0 fully saturated rings. The van der Waals surface area contributed by atoms with Gasteiger partial charge in [-0.3, -0.25) is 9.52 Å². The summed E-state index contributed by atoms with van der Waals surface area (Å²) < 4.78 is 52.9. The van der Waals surface area contributed by atoms with E-state index in [-0.39, 0.29) is 11.6 Å². The average Bonchev–Trinajstić information content (AvgIpc) is 3.16. The summed E-state index contributed by atoms with van der Waals surface area (Å²) in [6.07, 6.45) is 0. The van der Waals surface area contributed by atoms with Crippen LogP contribution in [0.1, 0.15) is 15.2 Å². The van der Waals surface area contributed by atoms with Crippen LogP contribution >= 0.6 is 11.3 Å². The highest BCUT2D eigenvalue weighted by atomic mass is 32.2. The van der Waals surface area contributed by atoms with Gasteiger partial charge in [-0.05, 0) is 53.9 Å². The van der Waals surface area contributed by atoms with Crippen molar-refractivity contribution in [2.24, 2.45) is 0 Å². The van der Waals surface area contributed by atoms with E-state index in [1.165, 1.54) is 35.6 Å². The van der Waals surface area contributed by atoms with Gasteiger partial charge in [0, 0.05) is 16.1 Å². The van der Waals surface area contributed by atoms with E-state index in [0.717, 1.165) is 17.0 Å². The lowest BCUT2D eigenvalue weighted by molar-refractivity contribution is 0.0951. The van der Waals surface area contributed by atoms with E-state index in [9.17, 15) is 22.0 Å². The summed E-state index contributed by atoms with van der Waals surface area (Å²) in [7, 11) is -4.08. The highest BCUT2D eigenvalue weighted by Gasteiger charge is 2.17. The first-order valence-corrected chi connectivity index (χ1v) is 10.1. The number of sulfonamides is 1. The van der Waals surface area contributed by atoms with Crippen molar-refractivity contribution in [3.05, 3.63) is 82.1 Å². The first-order valence-electron chi connectivity index (χ1n) is 7.74. The SMILES string of the molecule is O=C(NCc1cccs1)c1ccc(NS(=O)(=O)c2ccc(F)c(F)c2)cc1. The topological polar surface area (TPSA) is 75.3 Å². The highest BCUT2D eigenvalue weighted by Crippen LogP contribution is 2.19. The highest BCUT2D eigenvalue weighted by molar-refractivity contribution is 7.92. The Morgan fingerprint density at radius 1 is 1.00 bits per heavy atom. The average molecular weight is 408 g/mol. The third-order valence-electron chi connectivity index (χ3n) is 3.60. The van der Waals surface area contributed by atoms with Gasteiger partial charge in [-0.1, -0.05) is 6.07 Å². The molecule has 0 spiro atoms. The molecule has 3 rings (SSSR count). The van der Waals surface area contributed by atoms with E-state index in [0.29, 0.717) is 18.2 Å². The van der Waals surface area contributed by atoms with E-state index >= 15 is 0 Å². The number of halogens is 2. The van der Waals surface area contributed by atoms with Gasteiger partial charge in [0.05, 0.1) is 11.4 Å². The number of carbonyl (C=O) groups excluding carboxylic acids is 1. The lowest BCUT2D eigenvalue weighted by Gasteiger charge is -2.09. The number of carbonyl (C=O) groups is 1. The number of rotatable bonds is 6. The number of thiophene rings is 1. The predicted octanol–water partition coefficient (Wildman–Crippen LogP) is 3.76. The zero-order valence-corrected chi connectivity index (χ0v) is 15.4. The molecule has 2 aromatic carbocycles. The number of nitrogens with one attached hydrogen (secondary N) is 2. The minimum absolute atomic E-state index is 0.189. The normalized spacial score (nSPS) is 11.2. The van der Waals surface area contributed by atoms with Gasteiger partial charge in [-0.2, -0.15) is 0 Å². The number of anilines is 1. The van der Waals surface area contributed by atoms with E-state index in [1.807, 2.05) is 17.5 Å². The summed E-state index contributed by atoms with van der Waals surface area (Å²) in [5.41, 5.74) is 0.553. The quantitative estimate of drug-likeness (QED) is 0.652. The summed E-state index contributed by atoms with van der Waals surface area (Å²) in [5, 5.41) is 4.67. The lowest BCUT2D eigenvalue weighted by Crippen LogP contribution is -2.22. The van der Waals surface area contributed by atoms with Gasteiger partial charge in [0.15, 0.2) is 11.6 Å². The van der Waals surface area contributed by atoms with Crippen molar-refractivity contribution < 1.29 is 22.0 Å². The van der Waals surface area contributed by atoms with Crippen LogP contribution in [0.4, 0.5) is 14.5 Å². The minimum Gasteiger partial charge on any atom is -0.347 e. The van der Waals surface area contributed by atoms with Gasteiger partial charge in [0.1, 0.15) is 0 Å². The van der Waals surface area contributed by atoms with Crippen molar-refractivity contribution in [2.75, 3.05) is 4.72 Å². The molecule has 3 aromatic rings. The molecule has 140 valence electrons. The second-order valence-electron chi connectivity index (χ2n) is 5.52. The van der Waals surface area contributed by atoms with Crippen molar-refractivity contribution in [1.29, 1.82) is 0 Å². The maximum Gasteiger partial charge on any atom is 0.261 e. The zero-order valence-electron chi connectivity index (χ0n) is 13.8. The van der Waals surface area contributed by atoms with Crippen molar-refractivity contribution in [2.45, 2.75) is 11.4 Å². The van der Waals surface area contributed by atoms with E-state index < -0.39 is 26.6 Å². The number of benzene rings is 2. The maximum atomic E-state index is 13.3. The molecule has 27 heavy (non-hydrogen) atoms. The fourth-order valence-electron chi connectivity index (χ4n) is 2.23. The largest absolute Gasteiger partial charge is 0.347 e. The number of hydrogen-bond donors (Lipinski definition) is 2. The molecule has 9 heteroatoms. The number of amides is 1. The molecule has 1 amide bonds. The van der Waals surface area contributed by atoms with Crippen LogP contribution in [0.3, 0.4) is 0 Å². The monoisotopic (exact) mass is 408 g/mol. The Hall–Kier alpha value is -2.78. The van der Waals surface area contributed by atoms with Crippen LogP contribution < -0.4 is 10.0 Å². The van der Waals surface area contributed by atoms with Crippen LogP contribution in [0.5, 0.6) is 0 Å². The summed E-state index contributed by atoms with van der Waals surface area (Å²) in [6.45, 7) is 0.404. The molecule has 0 aliphatic rings. The van der Waals surface area contributed by atoms with Crippen LogP contribution in [-0.4, -0.2) is 14.3 Å². The maximum absolute atomic E-state index is 13.3. The molecule has 0 aliphatic carbocycles. The van der Waals surface area contributed by atoms with Gasteiger partial charge < -0.3 is 5.32 Å². The molecule has 0 atom stereocenters. The van der Waals surface area contributed by atoms with Gasteiger partial charge in [-0.15, -0.1) is 11.3 Å². The minimum atomic E-state index is -4.08. The van der Waals surface area contributed by atoms with Crippen molar-refractivity contribution >= 4 is 33.0 Å². The second-order valence-corrected chi connectivity index (χ2v) is 8.24. The van der Waals surface area contributed by atoms with E-state index in [1.54, 1.807) is 0 Å². The van der Waals surface area contributed by atoms with Crippen LogP contribution in [0.15, 0.2) is 64.9 Å². The zero-order chi connectivity index (χ0) is 19.4. The Morgan fingerprint density at radius 3 is 2.37 bits per heavy atom. The van der Waals surface area contributed by atoms with Crippen LogP contribution in [-0.2, 0) is 16.6 Å². The molecular weight excluding hydrogens is 394 g/mol. The predicted molar refractivity (Wildman–Crippen MR) is 99.1 cm³/mol. The first-order chi connectivity index (χ1) is 12.8. The van der Waals surface area contributed by atoms with Gasteiger partial charge in [-0.25, -0.2) is 17.2 Å². The van der Waals surface area contributed by atoms with Gasteiger partial charge in [0.2, 0.25) is 0 Å². The fourth-order valence-corrected chi connectivity index (χ4v) is 3.94. The molecule has 1 heterocycles. The van der Waals surface area contributed by atoms with Crippen molar-refractivity contribution in [1.82, 2.24) is 5.32 Å². The molecule has 5 nitrogen and oxygen atoms in total. The molecular formula is C18H14F2N2O3S2. The smallest absolute Gasteiger partial charge is 0.261 e. The summed E-state index contributed by atoms with van der Waals surface area (Å²) in [5.74, 6) is -2.68. The molecule has 0 unspecified atom stereocenters. The van der Waals surface area contributed by atoms with Crippen molar-refractivity contribution in [3.63, 3.8) is 0 Å². The standard InChI is InChI=1S/C18H14F2N2O3S2/c19-16-8-7-15(10-17(16)20)27(24,25)22-13-5-3-12(4-6-13)18(23)21-11-14-2-1-9-26-14/h1-10,22H,11H2,(H,21,23). The molecule has 0 saturated heterocycles. The molecule has 0 aliphatic heterocycles. The molecule has 0 radical (unpaired) electrons. The Morgan fingerprint density at radius 2 is 1.74 bits per heavy atom. The summed E-state index contributed by atoms with van der Waals surface area (Å²) in [6, 6.07) is 11.9. The van der Waals surface area contributed by atoms with E-state index in [4.69, 9.17) is 0 Å². The van der Waals surface area contributed by atoms with Crippen molar-refractivity contribution in [3.8, 4) is 0 Å². The van der Waals surface area contributed by atoms with Crippen LogP contribution in [0.2, 0.25) is 0 Å². The Balaban J connectivity index is 1.67. The van der Waals surface area contributed by atoms with Gasteiger partial charge >= 0.3 is 0 Å². The van der Waals surface area contributed by atoms with Gasteiger partial charge in [0.25, 0.3) is 15.9 Å². The molecule has 2 N–H and O–H groups in total. The molecule has 1 aromatic heterocycles. The second kappa shape index (κ2) is 7.85. The summed E-state index contributed by atoms with van der Waals surface area (Å²) in [4.78, 5) is 12.7. The third-order valence-corrected chi connectivity index (χ3v) is 5.86. The summed E-state index contributed by atoms with van der Waals surface area (Å²) >= 11 is 1.53. The molecule has 0 bridgehead atoms. The Bertz CT molecular complexity index is 1050. The van der Waals surface area contributed by atoms with Crippen LogP contribution in [0.25, 0.3) is 0 Å². The lowest BCUT2D eigenvalue weighted by atomic mass is 10.2. The first kappa shape index (κ1) is 19.0. The Kier molecular flexibility index (Phi) is 5.52. The number of hydrogen-bond acceptors (Lipinski definition) is 4. The fraction of sp³-hybridized carbons (Fsp3) is 0.0556. The van der Waals surface area contributed by atoms with Crippen LogP contribution in [0, 0.1) is 11.6 Å². The molecule has 0 saturated carbocycles. The third kappa shape index (κ3) is 4.69.